The van der Waals surface area contributed by atoms with Crippen LogP contribution >= 0.6 is 0 Å². The van der Waals surface area contributed by atoms with Gasteiger partial charge in [0.15, 0.2) is 0 Å². The van der Waals surface area contributed by atoms with Gasteiger partial charge in [-0.3, -0.25) is 9.59 Å². The molecule has 0 aromatic rings. The van der Waals surface area contributed by atoms with Crippen molar-refractivity contribution in [2.75, 3.05) is 19.6 Å². The van der Waals surface area contributed by atoms with Crippen molar-refractivity contribution in [2.24, 2.45) is 11.3 Å². The number of carbonyl (C=O) groups excluding carboxylic acids is 1. The SMILES string of the molecule is CC(C)C1(C(=O)N(CCC(=O)O)C2CC2)CCNC1. The third kappa shape index (κ3) is 2.91. The van der Waals surface area contributed by atoms with Gasteiger partial charge in [-0.15, -0.1) is 0 Å². The van der Waals surface area contributed by atoms with Crippen LogP contribution in [0.25, 0.3) is 0 Å². The smallest absolute Gasteiger partial charge is 0.305 e. The first-order valence-corrected chi connectivity index (χ1v) is 7.21. The standard InChI is InChI=1S/C14H24N2O3/c1-10(2)14(6-7-15-9-14)13(19)16(11-3-4-11)8-5-12(17)18/h10-11,15H,3-9H2,1-2H3,(H,17,18). The van der Waals surface area contributed by atoms with E-state index in [2.05, 4.69) is 19.2 Å². The minimum atomic E-state index is -0.832. The van der Waals surface area contributed by atoms with Crippen molar-refractivity contribution in [2.45, 2.75) is 45.6 Å². The summed E-state index contributed by atoms with van der Waals surface area (Å²) in [6.07, 6.45) is 2.95. The minimum Gasteiger partial charge on any atom is -0.481 e. The van der Waals surface area contributed by atoms with Gasteiger partial charge in [0.2, 0.25) is 5.91 Å². The highest BCUT2D eigenvalue weighted by Crippen LogP contribution is 2.39. The van der Waals surface area contributed by atoms with Gasteiger partial charge in [-0.1, -0.05) is 13.8 Å². The second-order valence-electron chi connectivity index (χ2n) is 6.11. The van der Waals surface area contributed by atoms with Gasteiger partial charge in [0, 0.05) is 19.1 Å². The molecular formula is C14H24N2O3. The van der Waals surface area contributed by atoms with Crippen molar-refractivity contribution in [1.29, 1.82) is 0 Å². The average molecular weight is 268 g/mol. The summed E-state index contributed by atoms with van der Waals surface area (Å²) in [7, 11) is 0. The highest BCUT2D eigenvalue weighted by Gasteiger charge is 2.48. The van der Waals surface area contributed by atoms with Crippen LogP contribution in [-0.2, 0) is 9.59 Å². The van der Waals surface area contributed by atoms with Gasteiger partial charge >= 0.3 is 5.97 Å². The van der Waals surface area contributed by atoms with E-state index in [9.17, 15) is 9.59 Å². The lowest BCUT2D eigenvalue weighted by Crippen LogP contribution is -2.49. The van der Waals surface area contributed by atoms with Crippen LogP contribution in [0, 0.1) is 11.3 Å². The molecule has 1 aliphatic heterocycles. The molecule has 1 saturated carbocycles. The zero-order chi connectivity index (χ0) is 14.0. The average Bonchev–Trinajstić information content (AvgIpc) is 3.05. The van der Waals surface area contributed by atoms with Gasteiger partial charge in [-0.2, -0.15) is 0 Å². The number of rotatable bonds is 6. The Labute approximate surface area is 114 Å². The second-order valence-corrected chi connectivity index (χ2v) is 6.11. The molecule has 2 aliphatic rings. The summed E-state index contributed by atoms with van der Waals surface area (Å²) in [5.41, 5.74) is -0.332. The van der Waals surface area contributed by atoms with Gasteiger partial charge in [-0.05, 0) is 31.7 Å². The van der Waals surface area contributed by atoms with Crippen LogP contribution in [0.1, 0.15) is 39.5 Å². The molecule has 1 aliphatic carbocycles. The zero-order valence-corrected chi connectivity index (χ0v) is 11.8. The normalized spacial score (nSPS) is 26.7. The number of nitrogens with zero attached hydrogens (tertiary/aromatic N) is 1. The van der Waals surface area contributed by atoms with E-state index in [4.69, 9.17) is 5.11 Å². The molecule has 1 atom stereocenters. The molecule has 1 amide bonds. The molecule has 1 unspecified atom stereocenters. The highest BCUT2D eigenvalue weighted by atomic mass is 16.4. The summed E-state index contributed by atoms with van der Waals surface area (Å²) in [5, 5.41) is 12.1. The maximum absolute atomic E-state index is 12.9. The summed E-state index contributed by atoms with van der Waals surface area (Å²) >= 11 is 0. The Bertz CT molecular complexity index is 358. The predicted molar refractivity (Wildman–Crippen MR) is 71.7 cm³/mol. The first-order chi connectivity index (χ1) is 8.97. The van der Waals surface area contributed by atoms with Gasteiger partial charge in [0.05, 0.1) is 11.8 Å². The Morgan fingerprint density at radius 1 is 1.42 bits per heavy atom. The molecule has 0 aromatic heterocycles. The first kappa shape index (κ1) is 14.3. The predicted octanol–water partition coefficient (Wildman–Crippen LogP) is 1.09. The molecule has 19 heavy (non-hydrogen) atoms. The van der Waals surface area contributed by atoms with E-state index in [-0.39, 0.29) is 29.7 Å². The molecule has 0 aromatic carbocycles. The topological polar surface area (TPSA) is 69.6 Å². The quantitative estimate of drug-likeness (QED) is 0.756. The Balaban J connectivity index is 2.11. The largest absolute Gasteiger partial charge is 0.481 e. The molecule has 1 heterocycles. The second kappa shape index (κ2) is 5.49. The van der Waals surface area contributed by atoms with Crippen LogP contribution in [0.5, 0.6) is 0 Å². The van der Waals surface area contributed by atoms with E-state index >= 15 is 0 Å². The molecule has 108 valence electrons. The Morgan fingerprint density at radius 2 is 2.11 bits per heavy atom. The van der Waals surface area contributed by atoms with Gasteiger partial charge in [0.25, 0.3) is 0 Å². The molecule has 5 heteroatoms. The van der Waals surface area contributed by atoms with Gasteiger partial charge < -0.3 is 15.3 Å². The van der Waals surface area contributed by atoms with Gasteiger partial charge in [-0.25, -0.2) is 0 Å². The van der Waals surface area contributed by atoms with Crippen molar-refractivity contribution < 1.29 is 14.7 Å². The van der Waals surface area contributed by atoms with Crippen molar-refractivity contribution >= 4 is 11.9 Å². The number of carbonyl (C=O) groups is 2. The number of nitrogens with one attached hydrogen (secondary N) is 1. The van der Waals surface area contributed by atoms with Crippen LogP contribution in [0.2, 0.25) is 0 Å². The third-order valence-corrected chi connectivity index (χ3v) is 4.53. The number of aliphatic carboxylic acids is 1. The molecule has 2 fully saturated rings. The van der Waals surface area contributed by atoms with Crippen molar-refractivity contribution in [3.63, 3.8) is 0 Å². The monoisotopic (exact) mass is 268 g/mol. The Morgan fingerprint density at radius 3 is 2.53 bits per heavy atom. The summed E-state index contributed by atoms with van der Waals surface area (Å²) in [5.74, 6) is -0.390. The maximum atomic E-state index is 12.9. The third-order valence-electron chi connectivity index (χ3n) is 4.53. The molecule has 5 nitrogen and oxygen atoms in total. The van der Waals surface area contributed by atoms with E-state index in [1.165, 1.54) is 0 Å². The van der Waals surface area contributed by atoms with Crippen LogP contribution in [0.15, 0.2) is 0 Å². The van der Waals surface area contributed by atoms with Crippen LogP contribution in [0.4, 0.5) is 0 Å². The number of amides is 1. The van der Waals surface area contributed by atoms with E-state index in [0.29, 0.717) is 6.54 Å². The van der Waals surface area contributed by atoms with E-state index in [0.717, 1.165) is 32.4 Å². The summed E-state index contributed by atoms with van der Waals surface area (Å²) < 4.78 is 0. The Hall–Kier alpha value is -1.10. The first-order valence-electron chi connectivity index (χ1n) is 7.21. The molecule has 1 saturated heterocycles. The van der Waals surface area contributed by atoms with E-state index in [1.807, 2.05) is 4.90 Å². The summed E-state index contributed by atoms with van der Waals surface area (Å²) in [6, 6.07) is 0.281. The number of hydrogen-bond donors (Lipinski definition) is 2. The molecule has 2 rings (SSSR count). The van der Waals surface area contributed by atoms with Crippen LogP contribution in [0.3, 0.4) is 0 Å². The van der Waals surface area contributed by atoms with Crippen LogP contribution in [-0.4, -0.2) is 47.6 Å². The van der Waals surface area contributed by atoms with Crippen molar-refractivity contribution in [1.82, 2.24) is 10.2 Å². The fourth-order valence-electron chi connectivity index (χ4n) is 2.97. The zero-order valence-electron chi connectivity index (χ0n) is 11.8. The fourth-order valence-corrected chi connectivity index (χ4v) is 2.97. The molecule has 0 bridgehead atoms. The van der Waals surface area contributed by atoms with Crippen molar-refractivity contribution in [3.8, 4) is 0 Å². The van der Waals surface area contributed by atoms with E-state index < -0.39 is 5.97 Å². The number of carboxylic acids is 1. The van der Waals surface area contributed by atoms with Crippen LogP contribution < -0.4 is 5.32 Å². The van der Waals surface area contributed by atoms with Gasteiger partial charge in [0.1, 0.15) is 0 Å². The maximum Gasteiger partial charge on any atom is 0.305 e. The number of carboxylic acid groups (broad SMARTS) is 1. The molecule has 0 spiro atoms. The summed E-state index contributed by atoms with van der Waals surface area (Å²) in [4.78, 5) is 25.5. The fraction of sp³-hybridized carbons (Fsp3) is 0.857. The lowest BCUT2D eigenvalue weighted by atomic mass is 9.75. The number of hydrogen-bond acceptors (Lipinski definition) is 3. The lowest BCUT2D eigenvalue weighted by Gasteiger charge is -2.37. The summed E-state index contributed by atoms with van der Waals surface area (Å²) in [6.45, 7) is 6.13. The molecular weight excluding hydrogens is 244 g/mol. The Kier molecular flexibility index (Phi) is 4.13. The molecule has 0 radical (unpaired) electrons. The van der Waals surface area contributed by atoms with E-state index in [1.54, 1.807) is 0 Å². The molecule has 2 N–H and O–H groups in total. The van der Waals surface area contributed by atoms with Crippen molar-refractivity contribution in [3.05, 3.63) is 0 Å². The minimum absolute atomic E-state index is 0.0455. The lowest BCUT2D eigenvalue weighted by molar-refractivity contribution is -0.145. The highest BCUT2D eigenvalue weighted by molar-refractivity contribution is 5.84.